The normalized spacial score (nSPS) is 34.8. The van der Waals surface area contributed by atoms with Crippen LogP contribution >= 0.6 is 0 Å². The molecule has 0 aromatic heterocycles. The molecular weight excluding hydrogens is 224 g/mol. The Morgan fingerprint density at radius 1 is 1.24 bits per heavy atom. The molecule has 1 saturated heterocycles. The average Bonchev–Trinajstić information content (AvgIpc) is 2.68. The molecule has 3 unspecified atom stereocenters. The fourth-order valence-electron chi connectivity index (χ4n) is 3.20. The van der Waals surface area contributed by atoms with Gasteiger partial charge in [-0.05, 0) is 43.9 Å². The average molecular weight is 247 g/mol. The van der Waals surface area contributed by atoms with Gasteiger partial charge < -0.3 is 10.5 Å². The van der Waals surface area contributed by atoms with Crippen molar-refractivity contribution in [1.82, 2.24) is 0 Å². The van der Waals surface area contributed by atoms with Crippen LogP contribution in [0.25, 0.3) is 0 Å². The Hall–Kier alpha value is -0.220. The predicted molar refractivity (Wildman–Crippen MR) is 63.0 cm³/mol. The maximum Gasteiger partial charge on any atom is 0.248 e. The van der Waals surface area contributed by atoms with Crippen LogP contribution in [0.1, 0.15) is 44.9 Å². The van der Waals surface area contributed by atoms with Gasteiger partial charge in [0, 0.05) is 32.1 Å². The van der Waals surface area contributed by atoms with E-state index in [4.69, 9.17) is 10.5 Å². The van der Waals surface area contributed by atoms with E-state index in [9.17, 15) is 8.78 Å². The van der Waals surface area contributed by atoms with Crippen molar-refractivity contribution >= 4 is 0 Å². The Labute approximate surface area is 102 Å². The highest BCUT2D eigenvalue weighted by Gasteiger charge is 2.36. The standard InChI is InChI=1S/C13H23F2NO/c14-13(15)4-1-2-10(8-13)6-12(16)7-11-3-5-17-9-11/h10-12H,1-9,16H2. The van der Waals surface area contributed by atoms with Gasteiger partial charge in [-0.3, -0.25) is 0 Å². The molecule has 1 aliphatic heterocycles. The van der Waals surface area contributed by atoms with Crippen molar-refractivity contribution in [1.29, 1.82) is 0 Å². The minimum atomic E-state index is -2.45. The molecule has 1 heterocycles. The van der Waals surface area contributed by atoms with Crippen molar-refractivity contribution in [3.8, 4) is 0 Å². The fraction of sp³-hybridized carbons (Fsp3) is 1.00. The SMILES string of the molecule is NC(CC1CCOC1)CC1CCCC(F)(F)C1. The lowest BCUT2D eigenvalue weighted by atomic mass is 9.81. The molecule has 0 spiro atoms. The van der Waals surface area contributed by atoms with Crippen LogP contribution in [0, 0.1) is 11.8 Å². The smallest absolute Gasteiger partial charge is 0.248 e. The van der Waals surface area contributed by atoms with Crippen LogP contribution in [-0.4, -0.2) is 25.2 Å². The van der Waals surface area contributed by atoms with Gasteiger partial charge in [0.15, 0.2) is 0 Å². The Bertz CT molecular complexity index is 242. The molecule has 2 rings (SSSR count). The lowest BCUT2D eigenvalue weighted by molar-refractivity contribution is -0.0545. The van der Waals surface area contributed by atoms with E-state index >= 15 is 0 Å². The summed E-state index contributed by atoms with van der Waals surface area (Å²) >= 11 is 0. The second kappa shape index (κ2) is 5.61. The molecular formula is C13H23F2NO. The summed E-state index contributed by atoms with van der Waals surface area (Å²) in [6, 6.07) is 0.0700. The van der Waals surface area contributed by atoms with E-state index in [1.54, 1.807) is 0 Å². The second-order valence-corrected chi connectivity index (χ2v) is 5.78. The molecule has 0 bridgehead atoms. The zero-order valence-electron chi connectivity index (χ0n) is 10.3. The van der Waals surface area contributed by atoms with Gasteiger partial charge in [-0.15, -0.1) is 0 Å². The van der Waals surface area contributed by atoms with Crippen molar-refractivity contribution in [3.63, 3.8) is 0 Å². The first-order valence-corrected chi connectivity index (χ1v) is 6.76. The molecule has 1 saturated carbocycles. The minimum Gasteiger partial charge on any atom is -0.381 e. The monoisotopic (exact) mass is 247 g/mol. The fourth-order valence-corrected chi connectivity index (χ4v) is 3.20. The van der Waals surface area contributed by atoms with Gasteiger partial charge in [-0.2, -0.15) is 0 Å². The number of hydrogen-bond donors (Lipinski definition) is 1. The molecule has 0 aromatic carbocycles. The summed E-state index contributed by atoms with van der Waals surface area (Å²) in [6.45, 7) is 1.63. The summed E-state index contributed by atoms with van der Waals surface area (Å²) in [4.78, 5) is 0. The van der Waals surface area contributed by atoms with Gasteiger partial charge in [0.1, 0.15) is 0 Å². The first kappa shape index (κ1) is 13.2. The molecule has 0 amide bonds. The van der Waals surface area contributed by atoms with Crippen LogP contribution in [0.3, 0.4) is 0 Å². The lowest BCUT2D eigenvalue weighted by Crippen LogP contribution is -2.32. The summed E-state index contributed by atoms with van der Waals surface area (Å²) < 4.78 is 31.8. The zero-order chi connectivity index (χ0) is 12.3. The molecule has 2 fully saturated rings. The van der Waals surface area contributed by atoms with Gasteiger partial charge in [0.05, 0.1) is 0 Å². The molecule has 4 heteroatoms. The van der Waals surface area contributed by atoms with Crippen molar-refractivity contribution in [2.24, 2.45) is 17.6 Å². The predicted octanol–water partition coefficient (Wildman–Crippen LogP) is 2.96. The Morgan fingerprint density at radius 2 is 2.00 bits per heavy atom. The molecule has 100 valence electrons. The molecule has 1 aliphatic carbocycles. The number of hydrogen-bond acceptors (Lipinski definition) is 2. The molecule has 2 N–H and O–H groups in total. The summed E-state index contributed by atoms with van der Waals surface area (Å²) in [5, 5.41) is 0. The maximum atomic E-state index is 13.2. The van der Waals surface area contributed by atoms with Crippen LogP contribution in [0.15, 0.2) is 0 Å². The minimum absolute atomic E-state index is 0.0435. The van der Waals surface area contributed by atoms with E-state index in [1.807, 2.05) is 0 Å². The first-order valence-electron chi connectivity index (χ1n) is 6.76. The van der Waals surface area contributed by atoms with Crippen LogP contribution in [0.2, 0.25) is 0 Å². The Morgan fingerprint density at radius 3 is 2.65 bits per heavy atom. The van der Waals surface area contributed by atoms with Gasteiger partial charge in [-0.1, -0.05) is 0 Å². The number of rotatable bonds is 4. The highest BCUT2D eigenvalue weighted by Crippen LogP contribution is 2.38. The topological polar surface area (TPSA) is 35.2 Å². The number of ether oxygens (including phenoxy) is 1. The van der Waals surface area contributed by atoms with Crippen molar-refractivity contribution in [3.05, 3.63) is 0 Å². The van der Waals surface area contributed by atoms with Gasteiger partial charge >= 0.3 is 0 Å². The van der Waals surface area contributed by atoms with E-state index in [0.29, 0.717) is 12.3 Å². The van der Waals surface area contributed by atoms with Crippen molar-refractivity contribution in [2.45, 2.75) is 56.9 Å². The van der Waals surface area contributed by atoms with Crippen molar-refractivity contribution in [2.75, 3.05) is 13.2 Å². The van der Waals surface area contributed by atoms with Crippen LogP contribution in [-0.2, 0) is 4.74 Å². The summed E-state index contributed by atoms with van der Waals surface area (Å²) in [6.07, 6.45) is 4.45. The van der Waals surface area contributed by atoms with Crippen molar-refractivity contribution < 1.29 is 13.5 Å². The molecule has 17 heavy (non-hydrogen) atoms. The molecule has 2 nitrogen and oxygen atoms in total. The molecule has 2 aliphatic rings. The molecule has 3 atom stereocenters. The summed E-state index contributed by atoms with van der Waals surface area (Å²) in [5.41, 5.74) is 6.07. The zero-order valence-corrected chi connectivity index (χ0v) is 10.3. The lowest BCUT2D eigenvalue weighted by Gasteiger charge is -2.30. The second-order valence-electron chi connectivity index (χ2n) is 5.78. The summed E-state index contributed by atoms with van der Waals surface area (Å²) in [5.74, 6) is -1.77. The molecule has 0 radical (unpaired) electrons. The van der Waals surface area contributed by atoms with Gasteiger partial charge in [0.2, 0.25) is 5.92 Å². The maximum absolute atomic E-state index is 13.2. The van der Waals surface area contributed by atoms with E-state index in [0.717, 1.165) is 38.9 Å². The number of halogens is 2. The largest absolute Gasteiger partial charge is 0.381 e. The summed E-state index contributed by atoms with van der Waals surface area (Å²) in [7, 11) is 0. The Balaban J connectivity index is 1.72. The van der Waals surface area contributed by atoms with Crippen LogP contribution in [0.4, 0.5) is 8.78 Å². The van der Waals surface area contributed by atoms with E-state index in [1.165, 1.54) is 0 Å². The van der Waals surface area contributed by atoms with E-state index in [2.05, 4.69) is 0 Å². The Kier molecular flexibility index (Phi) is 4.36. The van der Waals surface area contributed by atoms with E-state index < -0.39 is 5.92 Å². The number of nitrogens with two attached hydrogens (primary N) is 1. The van der Waals surface area contributed by atoms with Gasteiger partial charge in [-0.25, -0.2) is 8.78 Å². The first-order chi connectivity index (χ1) is 8.05. The quantitative estimate of drug-likeness (QED) is 0.829. The highest BCUT2D eigenvalue weighted by atomic mass is 19.3. The van der Waals surface area contributed by atoms with Gasteiger partial charge in [0.25, 0.3) is 0 Å². The third kappa shape index (κ3) is 4.18. The van der Waals surface area contributed by atoms with Crippen LogP contribution in [0.5, 0.6) is 0 Å². The number of alkyl halides is 2. The third-order valence-electron chi connectivity index (χ3n) is 4.04. The van der Waals surface area contributed by atoms with Crippen LogP contribution < -0.4 is 5.73 Å². The highest BCUT2D eigenvalue weighted by molar-refractivity contribution is 4.82. The van der Waals surface area contributed by atoms with E-state index in [-0.39, 0.29) is 24.8 Å². The third-order valence-corrected chi connectivity index (χ3v) is 4.04. The molecule has 0 aromatic rings.